The summed E-state index contributed by atoms with van der Waals surface area (Å²) >= 11 is 0. The van der Waals surface area contributed by atoms with Gasteiger partial charge < -0.3 is 10.1 Å². The maximum Gasteiger partial charge on any atom is 0.309 e. The summed E-state index contributed by atoms with van der Waals surface area (Å²) in [6, 6.07) is -0.105. The Hall–Kier alpha value is -1.10. The minimum atomic E-state index is -0.105. The quantitative estimate of drug-likeness (QED) is 0.764. The zero-order chi connectivity index (χ0) is 18.3. The van der Waals surface area contributed by atoms with E-state index in [9.17, 15) is 9.59 Å². The second kappa shape index (κ2) is 7.14. The van der Waals surface area contributed by atoms with Crippen LogP contribution in [0.1, 0.15) is 65.2 Å². The van der Waals surface area contributed by atoms with E-state index in [1.807, 2.05) is 13.8 Å². The van der Waals surface area contributed by atoms with E-state index >= 15 is 0 Å². The molecule has 5 aliphatic rings. The molecule has 0 aromatic heterocycles. The topological polar surface area (TPSA) is 58.6 Å². The molecule has 1 aliphatic heterocycles. The highest BCUT2D eigenvalue weighted by molar-refractivity contribution is 5.82. The van der Waals surface area contributed by atoms with E-state index in [1.165, 1.54) is 38.5 Å². The third-order valence-electron chi connectivity index (χ3n) is 7.50. The minimum Gasteiger partial charge on any atom is -0.466 e. The smallest absolute Gasteiger partial charge is 0.309 e. The number of likely N-dealkylation sites (tertiary alicyclic amines) is 1. The number of nitrogens with one attached hydrogen (secondary N) is 1. The van der Waals surface area contributed by atoms with Crippen molar-refractivity contribution in [2.75, 3.05) is 19.7 Å². The van der Waals surface area contributed by atoms with Crippen molar-refractivity contribution in [1.82, 2.24) is 10.2 Å². The molecular weight excluding hydrogens is 328 g/mol. The van der Waals surface area contributed by atoms with Crippen molar-refractivity contribution >= 4 is 11.9 Å². The number of carbonyl (C=O) groups excluding carboxylic acids is 2. The molecule has 1 saturated heterocycles. The first-order valence-electron chi connectivity index (χ1n) is 10.7. The molecule has 1 N–H and O–H groups in total. The van der Waals surface area contributed by atoms with Gasteiger partial charge in [-0.05, 0) is 96.1 Å². The Morgan fingerprint density at radius 3 is 2.12 bits per heavy atom. The summed E-state index contributed by atoms with van der Waals surface area (Å²) < 4.78 is 5.15. The number of carbonyl (C=O) groups is 2. The number of rotatable bonds is 5. The average molecular weight is 363 g/mol. The van der Waals surface area contributed by atoms with Gasteiger partial charge in [0.15, 0.2) is 0 Å². The normalized spacial score (nSPS) is 38.2. The molecule has 0 radical (unpaired) electrons. The predicted octanol–water partition coefficient (Wildman–Crippen LogP) is 2.74. The molecule has 4 aliphatic carbocycles. The Labute approximate surface area is 157 Å². The lowest BCUT2D eigenvalue weighted by atomic mass is 9.53. The Bertz CT molecular complexity index is 518. The van der Waals surface area contributed by atoms with Gasteiger partial charge >= 0.3 is 5.97 Å². The van der Waals surface area contributed by atoms with Crippen molar-refractivity contribution < 1.29 is 14.3 Å². The van der Waals surface area contributed by atoms with E-state index < -0.39 is 0 Å². The molecule has 1 heterocycles. The van der Waals surface area contributed by atoms with E-state index in [0.717, 1.165) is 43.7 Å². The summed E-state index contributed by atoms with van der Waals surface area (Å²) in [6.45, 7) is 5.94. The molecule has 5 nitrogen and oxygen atoms in total. The van der Waals surface area contributed by atoms with Crippen molar-refractivity contribution in [2.45, 2.75) is 76.8 Å². The van der Waals surface area contributed by atoms with Crippen LogP contribution in [-0.4, -0.2) is 48.1 Å². The highest BCUT2D eigenvalue weighted by Crippen LogP contribution is 2.55. The lowest BCUT2D eigenvalue weighted by Gasteiger charge is -2.57. The molecule has 26 heavy (non-hydrogen) atoms. The summed E-state index contributed by atoms with van der Waals surface area (Å²) in [5.74, 6) is 2.66. The van der Waals surface area contributed by atoms with Gasteiger partial charge in [0.25, 0.3) is 0 Å². The van der Waals surface area contributed by atoms with E-state index in [-0.39, 0.29) is 29.4 Å². The molecule has 5 rings (SSSR count). The molecule has 146 valence electrons. The standard InChI is InChI=1S/C21H34N2O3/c1-3-26-20(25)18-4-6-23(7-5-18)14(2)19(24)22-21-11-15-8-16(12-21)10-17(9-15)13-21/h14-18H,3-13H2,1-2H3,(H,22,24)/t14-,15?,16?,17?,21?/m1/s1. The molecule has 4 saturated carbocycles. The molecule has 5 fully saturated rings. The highest BCUT2D eigenvalue weighted by atomic mass is 16.5. The third kappa shape index (κ3) is 3.51. The molecule has 0 aromatic carbocycles. The Balaban J connectivity index is 1.31. The number of piperidine rings is 1. The SMILES string of the molecule is CCOC(=O)C1CCN([C@H](C)C(=O)NC23CC4CC(CC(C4)C2)C3)CC1. The number of ether oxygens (including phenoxy) is 1. The second-order valence-corrected chi connectivity index (χ2v) is 9.43. The van der Waals surface area contributed by atoms with Gasteiger partial charge in [-0.2, -0.15) is 0 Å². The van der Waals surface area contributed by atoms with Crippen molar-refractivity contribution in [3.05, 3.63) is 0 Å². The molecule has 0 spiro atoms. The van der Waals surface area contributed by atoms with Gasteiger partial charge in [0.2, 0.25) is 5.91 Å². The first-order chi connectivity index (χ1) is 12.5. The first kappa shape index (κ1) is 18.3. The number of nitrogens with zero attached hydrogens (tertiary/aromatic N) is 1. The fraction of sp³-hybridized carbons (Fsp3) is 0.905. The zero-order valence-corrected chi connectivity index (χ0v) is 16.3. The summed E-state index contributed by atoms with van der Waals surface area (Å²) in [6.07, 6.45) is 9.37. The van der Waals surface area contributed by atoms with Crippen molar-refractivity contribution in [3.8, 4) is 0 Å². The van der Waals surface area contributed by atoms with Crippen LogP contribution in [0.5, 0.6) is 0 Å². The minimum absolute atomic E-state index is 0.00427. The first-order valence-corrected chi connectivity index (χ1v) is 10.7. The van der Waals surface area contributed by atoms with E-state index in [2.05, 4.69) is 10.2 Å². The van der Waals surface area contributed by atoms with Crippen LogP contribution in [0.2, 0.25) is 0 Å². The van der Waals surface area contributed by atoms with Crippen LogP contribution in [0.4, 0.5) is 0 Å². The fourth-order valence-corrected chi connectivity index (χ4v) is 6.58. The summed E-state index contributed by atoms with van der Waals surface area (Å²) in [7, 11) is 0. The summed E-state index contributed by atoms with van der Waals surface area (Å²) in [5.41, 5.74) is 0.0867. The number of amides is 1. The van der Waals surface area contributed by atoms with Crippen molar-refractivity contribution in [3.63, 3.8) is 0 Å². The lowest BCUT2D eigenvalue weighted by molar-refractivity contribution is -0.150. The Kier molecular flexibility index (Phi) is 5.02. The van der Waals surface area contributed by atoms with Gasteiger partial charge in [-0.1, -0.05) is 0 Å². The molecule has 0 aromatic rings. The Morgan fingerprint density at radius 1 is 1.08 bits per heavy atom. The van der Waals surface area contributed by atoms with E-state index in [4.69, 9.17) is 4.74 Å². The van der Waals surface area contributed by atoms with Crippen LogP contribution in [0, 0.1) is 23.7 Å². The third-order valence-corrected chi connectivity index (χ3v) is 7.50. The van der Waals surface area contributed by atoms with Gasteiger partial charge in [0.05, 0.1) is 18.6 Å². The lowest BCUT2D eigenvalue weighted by Crippen LogP contribution is -2.62. The van der Waals surface area contributed by atoms with Gasteiger partial charge in [-0.25, -0.2) is 0 Å². The van der Waals surface area contributed by atoms with Crippen LogP contribution in [0.15, 0.2) is 0 Å². The van der Waals surface area contributed by atoms with Crippen LogP contribution >= 0.6 is 0 Å². The maximum atomic E-state index is 13.0. The molecular formula is C21H34N2O3. The molecule has 1 atom stereocenters. The largest absolute Gasteiger partial charge is 0.466 e. The van der Waals surface area contributed by atoms with Crippen LogP contribution < -0.4 is 5.32 Å². The number of esters is 1. The van der Waals surface area contributed by atoms with Gasteiger partial charge in [-0.15, -0.1) is 0 Å². The predicted molar refractivity (Wildman–Crippen MR) is 99.4 cm³/mol. The van der Waals surface area contributed by atoms with Gasteiger partial charge in [0.1, 0.15) is 0 Å². The highest BCUT2D eigenvalue weighted by Gasteiger charge is 2.51. The second-order valence-electron chi connectivity index (χ2n) is 9.43. The number of hydrogen-bond acceptors (Lipinski definition) is 4. The van der Waals surface area contributed by atoms with E-state index in [1.54, 1.807) is 0 Å². The molecule has 0 unspecified atom stereocenters. The van der Waals surface area contributed by atoms with Crippen LogP contribution in [-0.2, 0) is 14.3 Å². The van der Waals surface area contributed by atoms with Crippen LogP contribution in [0.3, 0.4) is 0 Å². The van der Waals surface area contributed by atoms with Crippen molar-refractivity contribution in [2.24, 2.45) is 23.7 Å². The fourth-order valence-electron chi connectivity index (χ4n) is 6.58. The van der Waals surface area contributed by atoms with Crippen LogP contribution in [0.25, 0.3) is 0 Å². The summed E-state index contributed by atoms with van der Waals surface area (Å²) in [5, 5.41) is 3.50. The maximum absolute atomic E-state index is 13.0. The van der Waals surface area contributed by atoms with E-state index in [0.29, 0.717) is 6.61 Å². The summed E-state index contributed by atoms with van der Waals surface area (Å²) in [4.78, 5) is 27.1. The van der Waals surface area contributed by atoms with Gasteiger partial charge in [-0.3, -0.25) is 14.5 Å². The Morgan fingerprint density at radius 2 is 1.62 bits per heavy atom. The molecule has 4 bridgehead atoms. The van der Waals surface area contributed by atoms with Gasteiger partial charge in [0, 0.05) is 5.54 Å². The number of hydrogen-bond donors (Lipinski definition) is 1. The zero-order valence-electron chi connectivity index (χ0n) is 16.3. The molecule has 1 amide bonds. The van der Waals surface area contributed by atoms with Crippen molar-refractivity contribution in [1.29, 1.82) is 0 Å². The monoisotopic (exact) mass is 362 g/mol. The molecule has 5 heteroatoms. The average Bonchev–Trinajstić information content (AvgIpc) is 2.60.